The molecule has 0 aromatic heterocycles. The SMILES string of the molecule is C=CCOC(=O)CCCCCCNC(=O)[C@H](C)NC(=O)[C@H](CC(=O)O)NC(=O)OCC1c2ccccc2-c2ccccc21. The Labute approximate surface area is 251 Å². The minimum Gasteiger partial charge on any atom is -0.481 e. The zero-order valence-electron chi connectivity index (χ0n) is 24.3. The van der Waals surface area contributed by atoms with Crippen LogP contribution in [0.2, 0.25) is 0 Å². The Bertz CT molecular complexity index is 1270. The molecule has 2 aromatic carbocycles. The summed E-state index contributed by atoms with van der Waals surface area (Å²) in [6, 6.07) is 13.3. The normalized spacial score (nSPS) is 13.0. The number of esters is 1. The van der Waals surface area contributed by atoms with Gasteiger partial charge in [-0.15, -0.1) is 0 Å². The fourth-order valence-corrected chi connectivity index (χ4v) is 4.88. The molecule has 0 saturated carbocycles. The molecule has 0 saturated heterocycles. The number of alkyl carbamates (subject to hydrolysis) is 1. The maximum Gasteiger partial charge on any atom is 0.407 e. The molecule has 3 rings (SSSR count). The number of carboxylic acids is 1. The van der Waals surface area contributed by atoms with Gasteiger partial charge in [0.05, 0.1) is 6.42 Å². The van der Waals surface area contributed by atoms with E-state index in [1.54, 1.807) is 0 Å². The van der Waals surface area contributed by atoms with Crippen molar-refractivity contribution in [2.75, 3.05) is 19.8 Å². The van der Waals surface area contributed by atoms with Gasteiger partial charge >= 0.3 is 18.0 Å². The highest BCUT2D eigenvalue weighted by molar-refractivity contribution is 5.93. The molecule has 0 unspecified atom stereocenters. The Hall–Kier alpha value is -4.67. The Morgan fingerprint density at radius 2 is 1.51 bits per heavy atom. The summed E-state index contributed by atoms with van der Waals surface area (Å²) < 4.78 is 10.4. The smallest absolute Gasteiger partial charge is 0.407 e. The summed E-state index contributed by atoms with van der Waals surface area (Å²) >= 11 is 0. The van der Waals surface area contributed by atoms with Gasteiger partial charge in [0, 0.05) is 18.9 Å². The van der Waals surface area contributed by atoms with Crippen molar-refractivity contribution in [1.29, 1.82) is 0 Å². The fourth-order valence-electron chi connectivity index (χ4n) is 4.88. The molecule has 11 heteroatoms. The number of hydrogen-bond acceptors (Lipinski definition) is 7. The summed E-state index contributed by atoms with van der Waals surface area (Å²) in [5.74, 6) is -3.04. The zero-order valence-corrected chi connectivity index (χ0v) is 24.3. The average Bonchev–Trinajstić information content (AvgIpc) is 3.31. The molecule has 3 amide bonds. The molecule has 0 spiro atoms. The molecular formula is C32H39N3O8. The van der Waals surface area contributed by atoms with Crippen molar-refractivity contribution in [2.24, 2.45) is 0 Å². The van der Waals surface area contributed by atoms with Gasteiger partial charge in [0.2, 0.25) is 11.8 Å². The number of carboxylic acid groups (broad SMARTS) is 1. The standard InChI is InChI=1S/C32H39N3O8/c1-3-18-42-29(38)16-6-4-5-11-17-33-30(39)21(2)34-31(40)27(19-28(36)37)35-32(41)43-20-26-24-14-9-7-12-22(24)23-13-8-10-15-25(23)26/h3,7-10,12-15,21,26-27H,1,4-6,11,16-20H2,2H3,(H,33,39)(H,34,40)(H,35,41)(H,36,37)/t21-,27-/m0/s1. The second-order valence-electron chi connectivity index (χ2n) is 10.3. The zero-order chi connectivity index (χ0) is 31.2. The van der Waals surface area contributed by atoms with E-state index in [0.717, 1.165) is 35.1 Å². The van der Waals surface area contributed by atoms with Gasteiger partial charge in [-0.25, -0.2) is 4.79 Å². The number of rotatable bonds is 17. The van der Waals surface area contributed by atoms with E-state index in [4.69, 9.17) is 9.47 Å². The van der Waals surface area contributed by atoms with Crippen LogP contribution < -0.4 is 16.0 Å². The molecule has 0 heterocycles. The van der Waals surface area contributed by atoms with Crippen LogP contribution in [0, 0.1) is 0 Å². The van der Waals surface area contributed by atoms with E-state index < -0.39 is 42.4 Å². The Balaban J connectivity index is 1.43. The summed E-state index contributed by atoms with van der Waals surface area (Å²) in [5.41, 5.74) is 4.15. The van der Waals surface area contributed by atoms with Crippen LogP contribution in [-0.2, 0) is 28.7 Å². The fraction of sp³-hybridized carbons (Fsp3) is 0.406. The number of benzene rings is 2. The maximum atomic E-state index is 12.8. The summed E-state index contributed by atoms with van der Waals surface area (Å²) in [4.78, 5) is 60.8. The van der Waals surface area contributed by atoms with Gasteiger partial charge in [-0.2, -0.15) is 0 Å². The van der Waals surface area contributed by atoms with Crippen LogP contribution in [-0.4, -0.2) is 66.8 Å². The first-order valence-corrected chi connectivity index (χ1v) is 14.4. The number of ether oxygens (including phenoxy) is 2. The molecule has 0 radical (unpaired) electrons. The Kier molecular flexibility index (Phi) is 12.7. The van der Waals surface area contributed by atoms with Crippen LogP contribution in [0.4, 0.5) is 4.79 Å². The van der Waals surface area contributed by atoms with Gasteiger partial charge in [0.1, 0.15) is 25.3 Å². The molecule has 43 heavy (non-hydrogen) atoms. The Morgan fingerprint density at radius 3 is 2.14 bits per heavy atom. The van der Waals surface area contributed by atoms with Crippen LogP contribution in [0.25, 0.3) is 11.1 Å². The lowest BCUT2D eigenvalue weighted by Gasteiger charge is -2.21. The van der Waals surface area contributed by atoms with Crippen molar-refractivity contribution in [2.45, 2.75) is 63.5 Å². The second-order valence-corrected chi connectivity index (χ2v) is 10.3. The van der Waals surface area contributed by atoms with Crippen LogP contribution in [0.5, 0.6) is 0 Å². The third-order valence-electron chi connectivity index (χ3n) is 7.05. The highest BCUT2D eigenvalue weighted by Crippen LogP contribution is 2.44. The van der Waals surface area contributed by atoms with Crippen molar-refractivity contribution in [3.63, 3.8) is 0 Å². The van der Waals surface area contributed by atoms with E-state index >= 15 is 0 Å². The van der Waals surface area contributed by atoms with Crippen molar-refractivity contribution >= 4 is 29.8 Å². The molecule has 2 atom stereocenters. The van der Waals surface area contributed by atoms with E-state index in [1.807, 2.05) is 48.5 Å². The molecule has 2 aromatic rings. The van der Waals surface area contributed by atoms with Crippen molar-refractivity contribution < 1.29 is 38.6 Å². The van der Waals surface area contributed by atoms with Crippen molar-refractivity contribution in [3.8, 4) is 11.1 Å². The lowest BCUT2D eigenvalue weighted by molar-refractivity contribution is -0.142. The number of fused-ring (bicyclic) bond motifs is 3. The third kappa shape index (κ3) is 9.98. The van der Waals surface area contributed by atoms with Gasteiger partial charge < -0.3 is 30.5 Å². The number of carbonyl (C=O) groups excluding carboxylic acids is 4. The molecule has 1 aliphatic carbocycles. The molecular weight excluding hydrogens is 554 g/mol. The van der Waals surface area contributed by atoms with E-state index in [-0.39, 0.29) is 25.1 Å². The van der Waals surface area contributed by atoms with Gasteiger partial charge in [0.25, 0.3) is 0 Å². The van der Waals surface area contributed by atoms with Gasteiger partial charge in [-0.05, 0) is 42.0 Å². The van der Waals surface area contributed by atoms with Crippen LogP contribution in [0.15, 0.2) is 61.2 Å². The predicted octanol–water partition coefficient (Wildman–Crippen LogP) is 3.67. The maximum absolute atomic E-state index is 12.8. The largest absolute Gasteiger partial charge is 0.481 e. The molecule has 0 bridgehead atoms. The molecule has 4 N–H and O–H groups in total. The number of aliphatic carboxylic acids is 1. The first-order valence-electron chi connectivity index (χ1n) is 14.4. The summed E-state index contributed by atoms with van der Waals surface area (Å²) in [6.07, 6.45) is 3.16. The molecule has 230 valence electrons. The first kappa shape index (κ1) is 32.8. The van der Waals surface area contributed by atoms with E-state index in [2.05, 4.69) is 22.5 Å². The molecule has 0 fully saturated rings. The van der Waals surface area contributed by atoms with E-state index in [0.29, 0.717) is 25.8 Å². The number of carbonyl (C=O) groups is 5. The lowest BCUT2D eigenvalue weighted by Crippen LogP contribution is -2.53. The average molecular weight is 594 g/mol. The number of hydrogen-bond donors (Lipinski definition) is 4. The highest BCUT2D eigenvalue weighted by atomic mass is 16.5. The highest BCUT2D eigenvalue weighted by Gasteiger charge is 2.31. The second kappa shape index (κ2) is 16.7. The number of nitrogens with one attached hydrogen (secondary N) is 3. The summed E-state index contributed by atoms with van der Waals surface area (Å²) in [6.45, 7) is 5.52. The molecule has 0 aliphatic heterocycles. The number of amides is 3. The monoisotopic (exact) mass is 593 g/mol. The summed E-state index contributed by atoms with van der Waals surface area (Å²) in [7, 11) is 0. The van der Waals surface area contributed by atoms with E-state index in [1.165, 1.54) is 13.0 Å². The minimum absolute atomic E-state index is 0.000520. The first-order chi connectivity index (χ1) is 20.7. The minimum atomic E-state index is -1.44. The lowest BCUT2D eigenvalue weighted by atomic mass is 9.98. The Morgan fingerprint density at radius 1 is 0.884 bits per heavy atom. The topological polar surface area (TPSA) is 160 Å². The van der Waals surface area contributed by atoms with Crippen molar-refractivity contribution in [3.05, 3.63) is 72.3 Å². The van der Waals surface area contributed by atoms with Crippen LogP contribution in [0.1, 0.15) is 62.5 Å². The quantitative estimate of drug-likeness (QED) is 0.123. The van der Waals surface area contributed by atoms with Crippen LogP contribution in [0.3, 0.4) is 0 Å². The van der Waals surface area contributed by atoms with Gasteiger partial charge in [0.15, 0.2) is 0 Å². The van der Waals surface area contributed by atoms with Gasteiger partial charge in [-0.3, -0.25) is 19.2 Å². The summed E-state index contributed by atoms with van der Waals surface area (Å²) in [5, 5.41) is 16.8. The number of unbranched alkanes of at least 4 members (excludes halogenated alkanes) is 3. The van der Waals surface area contributed by atoms with Gasteiger partial charge in [-0.1, -0.05) is 74.0 Å². The van der Waals surface area contributed by atoms with Crippen molar-refractivity contribution in [1.82, 2.24) is 16.0 Å². The predicted molar refractivity (Wildman–Crippen MR) is 159 cm³/mol. The van der Waals surface area contributed by atoms with Crippen LogP contribution >= 0.6 is 0 Å². The molecule has 1 aliphatic rings. The molecule has 11 nitrogen and oxygen atoms in total. The van der Waals surface area contributed by atoms with E-state index in [9.17, 15) is 29.1 Å². The third-order valence-corrected chi connectivity index (χ3v) is 7.05.